The lowest BCUT2D eigenvalue weighted by Crippen LogP contribution is -1.81. The van der Waals surface area contributed by atoms with Gasteiger partial charge in [-0.2, -0.15) is 0 Å². The Hall–Kier alpha value is -1.94. The van der Waals surface area contributed by atoms with Crippen molar-refractivity contribution in [1.82, 2.24) is 9.97 Å². The van der Waals surface area contributed by atoms with Gasteiger partial charge in [0.1, 0.15) is 5.65 Å². The molecule has 0 aliphatic rings. The van der Waals surface area contributed by atoms with Crippen LogP contribution in [0.15, 0.2) is 29.8 Å². The number of aromatic amines is 1. The molecule has 0 aliphatic carbocycles. The summed E-state index contributed by atoms with van der Waals surface area (Å²) >= 11 is 1.61. The smallest absolute Gasteiger partial charge is 0.152 e. The molecule has 3 aromatic heterocycles. The molecule has 3 nitrogen and oxygen atoms in total. The molecule has 0 saturated carbocycles. The van der Waals surface area contributed by atoms with Crippen molar-refractivity contribution < 1.29 is 4.79 Å². The third kappa shape index (κ3) is 1.57. The standard InChI is InChI=1S/C13H10N2OS/c1-8-5-9-10(7-16)12(11-3-2-4-17-11)15-13(9)14-6-8/h2-7H,1H3,(H,14,15). The second kappa shape index (κ2) is 3.82. The molecular weight excluding hydrogens is 232 g/mol. The number of hydrogen-bond donors (Lipinski definition) is 1. The fraction of sp³-hybridized carbons (Fsp3) is 0.0769. The lowest BCUT2D eigenvalue weighted by molar-refractivity contribution is 0.112. The molecule has 0 saturated heterocycles. The highest BCUT2D eigenvalue weighted by Crippen LogP contribution is 2.31. The van der Waals surface area contributed by atoms with Crippen molar-refractivity contribution in [2.24, 2.45) is 0 Å². The van der Waals surface area contributed by atoms with Crippen LogP contribution in [0.25, 0.3) is 21.6 Å². The van der Waals surface area contributed by atoms with Gasteiger partial charge < -0.3 is 4.98 Å². The number of aryl methyl sites for hydroxylation is 1. The zero-order valence-electron chi connectivity index (χ0n) is 9.23. The summed E-state index contributed by atoms with van der Waals surface area (Å²) in [6, 6.07) is 5.95. The Morgan fingerprint density at radius 1 is 1.47 bits per heavy atom. The van der Waals surface area contributed by atoms with Crippen LogP contribution in [0.4, 0.5) is 0 Å². The summed E-state index contributed by atoms with van der Waals surface area (Å²) in [6.07, 6.45) is 2.70. The molecule has 1 N–H and O–H groups in total. The normalized spacial score (nSPS) is 10.9. The number of rotatable bonds is 2. The number of nitrogens with zero attached hydrogens (tertiary/aromatic N) is 1. The first-order chi connectivity index (χ1) is 8.29. The molecule has 0 amide bonds. The third-order valence-corrected chi connectivity index (χ3v) is 3.60. The lowest BCUT2D eigenvalue weighted by Gasteiger charge is -1.93. The summed E-state index contributed by atoms with van der Waals surface area (Å²) in [4.78, 5) is 19.8. The molecule has 0 bridgehead atoms. The average molecular weight is 242 g/mol. The van der Waals surface area contributed by atoms with E-state index in [1.54, 1.807) is 17.5 Å². The van der Waals surface area contributed by atoms with E-state index >= 15 is 0 Å². The predicted octanol–water partition coefficient (Wildman–Crippen LogP) is 3.41. The van der Waals surface area contributed by atoms with Crippen molar-refractivity contribution in [3.63, 3.8) is 0 Å². The van der Waals surface area contributed by atoms with Crippen LogP contribution < -0.4 is 0 Å². The monoisotopic (exact) mass is 242 g/mol. The highest BCUT2D eigenvalue weighted by atomic mass is 32.1. The van der Waals surface area contributed by atoms with Gasteiger partial charge in [0.2, 0.25) is 0 Å². The zero-order valence-corrected chi connectivity index (χ0v) is 10.0. The van der Waals surface area contributed by atoms with E-state index in [9.17, 15) is 4.79 Å². The van der Waals surface area contributed by atoms with Crippen LogP contribution in [0.2, 0.25) is 0 Å². The Morgan fingerprint density at radius 3 is 3.06 bits per heavy atom. The molecule has 3 rings (SSSR count). The molecule has 0 unspecified atom stereocenters. The molecule has 0 radical (unpaired) electrons. The number of hydrogen-bond acceptors (Lipinski definition) is 3. The van der Waals surface area contributed by atoms with Crippen molar-refractivity contribution in [2.45, 2.75) is 6.92 Å². The van der Waals surface area contributed by atoms with Crippen LogP contribution in [0.5, 0.6) is 0 Å². The fourth-order valence-electron chi connectivity index (χ4n) is 1.93. The first-order valence-corrected chi connectivity index (χ1v) is 6.15. The van der Waals surface area contributed by atoms with Gasteiger partial charge in [-0.25, -0.2) is 4.98 Å². The maximum absolute atomic E-state index is 11.3. The largest absolute Gasteiger partial charge is 0.338 e. The third-order valence-electron chi connectivity index (χ3n) is 2.71. The molecule has 0 spiro atoms. The van der Waals surface area contributed by atoms with Crippen LogP contribution in [-0.4, -0.2) is 16.3 Å². The summed E-state index contributed by atoms with van der Waals surface area (Å²) in [5.41, 5.74) is 3.38. The number of thiophene rings is 1. The van der Waals surface area contributed by atoms with E-state index in [0.717, 1.165) is 33.5 Å². The van der Waals surface area contributed by atoms with Crippen LogP contribution in [-0.2, 0) is 0 Å². The number of H-pyrrole nitrogens is 1. The van der Waals surface area contributed by atoms with Crippen LogP contribution in [0.1, 0.15) is 15.9 Å². The van der Waals surface area contributed by atoms with Crippen LogP contribution in [0.3, 0.4) is 0 Å². The Balaban J connectivity index is 2.36. The van der Waals surface area contributed by atoms with E-state index in [-0.39, 0.29) is 0 Å². The molecular formula is C13H10N2OS. The number of pyridine rings is 1. The minimum atomic E-state index is 0.693. The zero-order chi connectivity index (χ0) is 11.8. The summed E-state index contributed by atoms with van der Waals surface area (Å²) in [5, 5.41) is 2.89. The molecule has 17 heavy (non-hydrogen) atoms. The summed E-state index contributed by atoms with van der Waals surface area (Å²) in [6.45, 7) is 1.97. The van der Waals surface area contributed by atoms with Gasteiger partial charge in [-0.3, -0.25) is 4.79 Å². The molecule has 3 heterocycles. The Bertz CT molecular complexity index is 683. The minimum Gasteiger partial charge on any atom is -0.338 e. The molecule has 0 aromatic carbocycles. The second-order valence-corrected chi connectivity index (χ2v) is 4.87. The average Bonchev–Trinajstić information content (AvgIpc) is 2.94. The number of nitrogens with one attached hydrogen (secondary N) is 1. The van der Waals surface area contributed by atoms with Gasteiger partial charge in [0.15, 0.2) is 6.29 Å². The quantitative estimate of drug-likeness (QED) is 0.700. The van der Waals surface area contributed by atoms with Gasteiger partial charge in [-0.1, -0.05) is 6.07 Å². The van der Waals surface area contributed by atoms with Gasteiger partial charge in [-0.15, -0.1) is 11.3 Å². The fourth-order valence-corrected chi connectivity index (χ4v) is 2.67. The SMILES string of the molecule is Cc1cnc2[nH]c(-c3cccs3)c(C=O)c2c1. The molecule has 84 valence electrons. The number of carbonyl (C=O) groups excluding carboxylic acids is 1. The number of carbonyl (C=O) groups is 1. The summed E-state index contributed by atoms with van der Waals surface area (Å²) < 4.78 is 0. The van der Waals surface area contributed by atoms with E-state index < -0.39 is 0 Å². The van der Waals surface area contributed by atoms with Crippen molar-refractivity contribution in [1.29, 1.82) is 0 Å². The number of aromatic nitrogens is 2. The maximum atomic E-state index is 11.3. The second-order valence-electron chi connectivity index (χ2n) is 3.92. The topological polar surface area (TPSA) is 45.8 Å². The van der Waals surface area contributed by atoms with Crippen molar-refractivity contribution in [3.05, 3.63) is 40.9 Å². The van der Waals surface area contributed by atoms with E-state index in [4.69, 9.17) is 0 Å². The highest BCUT2D eigenvalue weighted by Gasteiger charge is 2.13. The lowest BCUT2D eigenvalue weighted by atomic mass is 10.1. The van der Waals surface area contributed by atoms with Gasteiger partial charge in [-0.05, 0) is 30.0 Å². The minimum absolute atomic E-state index is 0.693. The van der Waals surface area contributed by atoms with Crippen LogP contribution >= 0.6 is 11.3 Å². The van der Waals surface area contributed by atoms with Crippen molar-refractivity contribution >= 4 is 28.7 Å². The predicted molar refractivity (Wildman–Crippen MR) is 69.5 cm³/mol. The maximum Gasteiger partial charge on any atom is 0.152 e. The van der Waals surface area contributed by atoms with E-state index in [0.29, 0.717) is 5.56 Å². The molecule has 0 fully saturated rings. The molecule has 3 aromatic rings. The Kier molecular flexibility index (Phi) is 2.30. The van der Waals surface area contributed by atoms with Gasteiger partial charge >= 0.3 is 0 Å². The number of aldehydes is 1. The van der Waals surface area contributed by atoms with Gasteiger partial charge in [0.25, 0.3) is 0 Å². The van der Waals surface area contributed by atoms with E-state index in [1.165, 1.54) is 0 Å². The molecule has 0 aliphatic heterocycles. The van der Waals surface area contributed by atoms with E-state index in [2.05, 4.69) is 9.97 Å². The molecule has 4 heteroatoms. The Morgan fingerprint density at radius 2 is 2.35 bits per heavy atom. The first kappa shape index (κ1) is 10.2. The van der Waals surface area contributed by atoms with Crippen molar-refractivity contribution in [2.75, 3.05) is 0 Å². The summed E-state index contributed by atoms with van der Waals surface area (Å²) in [5.74, 6) is 0. The first-order valence-electron chi connectivity index (χ1n) is 5.27. The number of fused-ring (bicyclic) bond motifs is 1. The Labute approximate surface area is 102 Å². The highest BCUT2D eigenvalue weighted by molar-refractivity contribution is 7.13. The summed E-state index contributed by atoms with van der Waals surface area (Å²) in [7, 11) is 0. The van der Waals surface area contributed by atoms with Gasteiger partial charge in [0, 0.05) is 11.6 Å². The van der Waals surface area contributed by atoms with Crippen LogP contribution in [0, 0.1) is 6.92 Å². The van der Waals surface area contributed by atoms with Crippen molar-refractivity contribution in [3.8, 4) is 10.6 Å². The molecule has 0 atom stereocenters. The van der Waals surface area contributed by atoms with E-state index in [1.807, 2.05) is 30.5 Å². The van der Waals surface area contributed by atoms with Gasteiger partial charge in [0.05, 0.1) is 16.1 Å².